The Morgan fingerprint density at radius 2 is 1.48 bits per heavy atom. The SMILES string of the molecule is CS(=O)(=O)N(CCCOCc1ccccc1)Cc1ccccc1. The van der Waals surface area contributed by atoms with Crippen molar-refractivity contribution in [2.45, 2.75) is 19.6 Å². The molecule has 0 aromatic heterocycles. The van der Waals surface area contributed by atoms with Crippen LogP contribution in [0.4, 0.5) is 0 Å². The topological polar surface area (TPSA) is 46.6 Å². The third-order valence-electron chi connectivity index (χ3n) is 3.48. The summed E-state index contributed by atoms with van der Waals surface area (Å²) < 4.78 is 30.9. The molecule has 0 saturated carbocycles. The molecule has 0 spiro atoms. The van der Waals surface area contributed by atoms with Crippen LogP contribution in [0.1, 0.15) is 17.5 Å². The zero-order valence-electron chi connectivity index (χ0n) is 13.4. The van der Waals surface area contributed by atoms with Crippen molar-refractivity contribution in [2.75, 3.05) is 19.4 Å². The third kappa shape index (κ3) is 6.52. The van der Waals surface area contributed by atoms with Crippen molar-refractivity contribution in [1.82, 2.24) is 4.31 Å². The number of hydrogen-bond acceptors (Lipinski definition) is 3. The summed E-state index contributed by atoms with van der Waals surface area (Å²) in [5.41, 5.74) is 2.11. The molecule has 23 heavy (non-hydrogen) atoms. The average molecular weight is 333 g/mol. The molecule has 2 rings (SSSR count). The standard InChI is InChI=1S/C18H23NO3S/c1-23(20,21)19(15-17-9-4-2-5-10-17)13-8-14-22-16-18-11-6-3-7-12-18/h2-7,9-12H,8,13-16H2,1H3. The fourth-order valence-corrected chi connectivity index (χ4v) is 3.10. The van der Waals surface area contributed by atoms with Crippen LogP contribution in [0.3, 0.4) is 0 Å². The second-order valence-corrected chi connectivity index (χ2v) is 7.46. The lowest BCUT2D eigenvalue weighted by molar-refractivity contribution is 0.114. The van der Waals surface area contributed by atoms with Gasteiger partial charge in [0.1, 0.15) is 0 Å². The van der Waals surface area contributed by atoms with Gasteiger partial charge in [0.05, 0.1) is 12.9 Å². The summed E-state index contributed by atoms with van der Waals surface area (Å²) >= 11 is 0. The van der Waals surface area contributed by atoms with Crippen molar-refractivity contribution in [3.8, 4) is 0 Å². The lowest BCUT2D eigenvalue weighted by atomic mass is 10.2. The van der Waals surface area contributed by atoms with Gasteiger partial charge in [0.25, 0.3) is 0 Å². The van der Waals surface area contributed by atoms with Gasteiger partial charge in [-0.1, -0.05) is 60.7 Å². The van der Waals surface area contributed by atoms with Crippen LogP contribution in [0.15, 0.2) is 60.7 Å². The largest absolute Gasteiger partial charge is 0.377 e. The van der Waals surface area contributed by atoms with E-state index < -0.39 is 10.0 Å². The first kappa shape index (κ1) is 17.7. The Morgan fingerprint density at radius 3 is 2.04 bits per heavy atom. The van der Waals surface area contributed by atoms with Crippen LogP contribution in [0, 0.1) is 0 Å². The van der Waals surface area contributed by atoms with E-state index in [9.17, 15) is 8.42 Å². The highest BCUT2D eigenvalue weighted by Crippen LogP contribution is 2.09. The Balaban J connectivity index is 1.78. The van der Waals surface area contributed by atoms with E-state index in [1.807, 2.05) is 60.7 Å². The van der Waals surface area contributed by atoms with Crippen LogP contribution in [-0.4, -0.2) is 32.1 Å². The Morgan fingerprint density at radius 1 is 0.913 bits per heavy atom. The van der Waals surface area contributed by atoms with Gasteiger partial charge in [-0.05, 0) is 17.5 Å². The van der Waals surface area contributed by atoms with Gasteiger partial charge in [-0.25, -0.2) is 8.42 Å². The van der Waals surface area contributed by atoms with Gasteiger partial charge in [0.15, 0.2) is 0 Å². The molecule has 0 heterocycles. The molecule has 2 aromatic carbocycles. The molecular formula is C18H23NO3S. The quantitative estimate of drug-likeness (QED) is 0.663. The highest BCUT2D eigenvalue weighted by molar-refractivity contribution is 7.88. The molecule has 0 N–H and O–H groups in total. The highest BCUT2D eigenvalue weighted by atomic mass is 32.2. The average Bonchev–Trinajstić information content (AvgIpc) is 2.54. The number of ether oxygens (including phenoxy) is 1. The zero-order valence-corrected chi connectivity index (χ0v) is 14.2. The maximum Gasteiger partial charge on any atom is 0.211 e. The molecule has 0 radical (unpaired) electrons. The molecule has 2 aromatic rings. The first-order valence-corrected chi connectivity index (χ1v) is 9.51. The van der Waals surface area contributed by atoms with Crippen molar-refractivity contribution in [1.29, 1.82) is 0 Å². The molecular weight excluding hydrogens is 310 g/mol. The second kappa shape index (κ2) is 8.82. The summed E-state index contributed by atoms with van der Waals surface area (Å²) in [7, 11) is -3.22. The predicted octanol–water partition coefficient (Wildman–Crippen LogP) is 3.06. The summed E-state index contributed by atoms with van der Waals surface area (Å²) in [6, 6.07) is 19.6. The first-order valence-electron chi connectivity index (χ1n) is 7.66. The van der Waals surface area contributed by atoms with E-state index in [0.717, 1.165) is 11.1 Å². The van der Waals surface area contributed by atoms with E-state index in [0.29, 0.717) is 32.7 Å². The molecule has 124 valence electrons. The van der Waals surface area contributed by atoms with Crippen LogP contribution >= 0.6 is 0 Å². The van der Waals surface area contributed by atoms with E-state index in [2.05, 4.69) is 0 Å². The van der Waals surface area contributed by atoms with Crippen molar-refractivity contribution in [3.63, 3.8) is 0 Å². The van der Waals surface area contributed by atoms with Gasteiger partial charge in [-0.2, -0.15) is 4.31 Å². The van der Waals surface area contributed by atoms with Crippen molar-refractivity contribution in [2.24, 2.45) is 0 Å². The van der Waals surface area contributed by atoms with Gasteiger partial charge in [0, 0.05) is 19.7 Å². The molecule has 0 aliphatic heterocycles. The molecule has 0 amide bonds. The second-order valence-electron chi connectivity index (χ2n) is 5.47. The van der Waals surface area contributed by atoms with Crippen LogP contribution < -0.4 is 0 Å². The van der Waals surface area contributed by atoms with Gasteiger partial charge in [-0.3, -0.25) is 0 Å². The molecule has 0 bridgehead atoms. The monoisotopic (exact) mass is 333 g/mol. The number of hydrogen-bond donors (Lipinski definition) is 0. The molecule has 0 aliphatic rings. The molecule has 5 heteroatoms. The van der Waals surface area contributed by atoms with E-state index in [1.54, 1.807) is 0 Å². The lowest BCUT2D eigenvalue weighted by Crippen LogP contribution is -2.31. The molecule has 0 unspecified atom stereocenters. The van der Waals surface area contributed by atoms with Gasteiger partial charge in [-0.15, -0.1) is 0 Å². The van der Waals surface area contributed by atoms with E-state index in [4.69, 9.17) is 4.74 Å². The molecule has 0 aliphatic carbocycles. The maximum absolute atomic E-state index is 11.9. The Labute approximate surface area is 138 Å². The van der Waals surface area contributed by atoms with Gasteiger partial charge >= 0.3 is 0 Å². The minimum atomic E-state index is -3.22. The summed E-state index contributed by atoms with van der Waals surface area (Å²) in [6.07, 6.45) is 1.92. The summed E-state index contributed by atoms with van der Waals surface area (Å²) in [5, 5.41) is 0. The lowest BCUT2D eigenvalue weighted by Gasteiger charge is -2.20. The van der Waals surface area contributed by atoms with Crippen LogP contribution in [0.2, 0.25) is 0 Å². The summed E-state index contributed by atoms with van der Waals surface area (Å²) in [5.74, 6) is 0. The predicted molar refractivity (Wildman–Crippen MR) is 92.4 cm³/mol. The fourth-order valence-electron chi connectivity index (χ4n) is 2.26. The van der Waals surface area contributed by atoms with Crippen molar-refractivity contribution >= 4 is 10.0 Å². The summed E-state index contributed by atoms with van der Waals surface area (Å²) in [4.78, 5) is 0. The van der Waals surface area contributed by atoms with E-state index >= 15 is 0 Å². The Hall–Kier alpha value is -1.69. The third-order valence-corrected chi connectivity index (χ3v) is 4.73. The molecule has 0 atom stereocenters. The fraction of sp³-hybridized carbons (Fsp3) is 0.333. The zero-order chi connectivity index (χ0) is 16.5. The van der Waals surface area contributed by atoms with Crippen molar-refractivity contribution in [3.05, 3.63) is 71.8 Å². The Kier molecular flexibility index (Phi) is 6.77. The minimum absolute atomic E-state index is 0.401. The normalized spacial score (nSPS) is 11.7. The molecule has 0 fully saturated rings. The molecule has 4 nitrogen and oxygen atoms in total. The highest BCUT2D eigenvalue weighted by Gasteiger charge is 2.16. The van der Waals surface area contributed by atoms with Gasteiger partial charge in [0.2, 0.25) is 10.0 Å². The minimum Gasteiger partial charge on any atom is -0.377 e. The maximum atomic E-state index is 11.9. The number of rotatable bonds is 9. The van der Waals surface area contributed by atoms with E-state index in [-0.39, 0.29) is 0 Å². The smallest absolute Gasteiger partial charge is 0.211 e. The Bertz CT molecular complexity index is 672. The number of benzene rings is 2. The van der Waals surface area contributed by atoms with Gasteiger partial charge < -0.3 is 4.74 Å². The van der Waals surface area contributed by atoms with Crippen LogP contribution in [0.25, 0.3) is 0 Å². The van der Waals surface area contributed by atoms with Crippen molar-refractivity contribution < 1.29 is 13.2 Å². The van der Waals surface area contributed by atoms with E-state index in [1.165, 1.54) is 10.6 Å². The molecule has 0 saturated heterocycles. The van der Waals surface area contributed by atoms with Crippen LogP contribution in [0.5, 0.6) is 0 Å². The number of sulfonamides is 1. The first-order chi connectivity index (χ1) is 11.1. The van der Waals surface area contributed by atoms with Crippen LogP contribution in [-0.2, 0) is 27.9 Å². The number of nitrogens with zero attached hydrogens (tertiary/aromatic N) is 1. The summed E-state index contributed by atoms with van der Waals surface area (Å²) in [6.45, 7) is 1.95.